The molecule has 2 aromatic rings. The van der Waals surface area contributed by atoms with Gasteiger partial charge in [-0.2, -0.15) is 4.98 Å². The summed E-state index contributed by atoms with van der Waals surface area (Å²) < 4.78 is 6.04. The van der Waals surface area contributed by atoms with Gasteiger partial charge in [0, 0.05) is 8.59 Å². The summed E-state index contributed by atoms with van der Waals surface area (Å²) in [6.45, 7) is -0.231. The highest BCUT2D eigenvalue weighted by molar-refractivity contribution is 14.1. The Morgan fingerprint density at radius 2 is 2.29 bits per heavy atom. The molecule has 3 N–H and O–H groups in total. The third kappa shape index (κ3) is 2.76. The fourth-order valence-electron chi connectivity index (χ4n) is 1.24. The van der Waals surface area contributed by atoms with Crippen molar-refractivity contribution in [3.63, 3.8) is 0 Å². The van der Waals surface area contributed by atoms with Gasteiger partial charge in [0.2, 0.25) is 0 Å². The lowest BCUT2D eigenvalue weighted by Gasteiger charge is -2.00. The summed E-state index contributed by atoms with van der Waals surface area (Å²) in [4.78, 5) is 4.13. The maximum Gasteiger partial charge on any atom is 0.259 e. The molecule has 1 atom stereocenters. The van der Waals surface area contributed by atoms with Gasteiger partial charge in [-0.05, 0) is 40.8 Å². The SMILES string of the molecule is NC(CO)c1noc(-c2cc(Cl)ccc2I)n1. The van der Waals surface area contributed by atoms with Crippen LogP contribution in [0.15, 0.2) is 22.7 Å². The van der Waals surface area contributed by atoms with Crippen molar-refractivity contribution in [3.8, 4) is 11.5 Å². The van der Waals surface area contributed by atoms with E-state index >= 15 is 0 Å². The molecule has 17 heavy (non-hydrogen) atoms. The zero-order chi connectivity index (χ0) is 12.4. The van der Waals surface area contributed by atoms with Gasteiger partial charge in [-0.3, -0.25) is 0 Å². The number of nitrogens with two attached hydrogens (primary N) is 1. The third-order valence-corrected chi connectivity index (χ3v) is 3.30. The predicted molar refractivity (Wildman–Crippen MR) is 71.5 cm³/mol. The van der Waals surface area contributed by atoms with Crippen molar-refractivity contribution in [2.24, 2.45) is 5.73 Å². The van der Waals surface area contributed by atoms with Gasteiger partial charge >= 0.3 is 0 Å². The Morgan fingerprint density at radius 3 is 3.00 bits per heavy atom. The van der Waals surface area contributed by atoms with Crippen LogP contribution in [0.5, 0.6) is 0 Å². The minimum atomic E-state index is -0.635. The summed E-state index contributed by atoms with van der Waals surface area (Å²) in [6, 6.07) is 4.74. The Morgan fingerprint density at radius 1 is 1.53 bits per heavy atom. The van der Waals surface area contributed by atoms with Gasteiger partial charge in [-0.15, -0.1) is 0 Å². The van der Waals surface area contributed by atoms with Crippen LogP contribution in [0.2, 0.25) is 5.02 Å². The minimum absolute atomic E-state index is 0.231. The van der Waals surface area contributed by atoms with Crippen molar-refractivity contribution in [2.75, 3.05) is 6.61 Å². The molecular formula is C10H9ClIN3O2. The van der Waals surface area contributed by atoms with Crippen LogP contribution in [-0.4, -0.2) is 21.9 Å². The number of aliphatic hydroxyl groups is 1. The van der Waals surface area contributed by atoms with Gasteiger partial charge in [0.25, 0.3) is 5.89 Å². The molecule has 0 fully saturated rings. The molecule has 1 aromatic carbocycles. The largest absolute Gasteiger partial charge is 0.394 e. The molecule has 0 aliphatic heterocycles. The molecule has 1 unspecified atom stereocenters. The summed E-state index contributed by atoms with van der Waals surface area (Å²) >= 11 is 8.05. The molecule has 1 aromatic heterocycles. The molecule has 0 aliphatic carbocycles. The van der Waals surface area contributed by atoms with Crippen molar-refractivity contribution in [1.82, 2.24) is 10.1 Å². The predicted octanol–water partition coefficient (Wildman–Crippen LogP) is 1.99. The van der Waals surface area contributed by atoms with Gasteiger partial charge < -0.3 is 15.4 Å². The van der Waals surface area contributed by atoms with E-state index in [4.69, 9.17) is 27.0 Å². The number of aromatic nitrogens is 2. The molecular weight excluding hydrogens is 356 g/mol. The smallest absolute Gasteiger partial charge is 0.259 e. The van der Waals surface area contributed by atoms with E-state index in [0.717, 1.165) is 9.13 Å². The zero-order valence-electron chi connectivity index (χ0n) is 8.60. The minimum Gasteiger partial charge on any atom is -0.394 e. The number of aliphatic hydroxyl groups excluding tert-OH is 1. The lowest BCUT2D eigenvalue weighted by molar-refractivity contribution is 0.260. The molecule has 7 heteroatoms. The number of benzene rings is 1. The van der Waals surface area contributed by atoms with Crippen molar-refractivity contribution in [3.05, 3.63) is 32.6 Å². The van der Waals surface area contributed by atoms with Crippen LogP contribution in [-0.2, 0) is 0 Å². The van der Waals surface area contributed by atoms with Gasteiger partial charge in [-0.1, -0.05) is 16.8 Å². The lowest BCUT2D eigenvalue weighted by Crippen LogP contribution is -2.15. The molecule has 0 radical (unpaired) electrons. The highest BCUT2D eigenvalue weighted by Gasteiger charge is 2.16. The summed E-state index contributed by atoms with van der Waals surface area (Å²) in [5.41, 5.74) is 6.34. The van der Waals surface area contributed by atoms with Crippen LogP contribution in [0.3, 0.4) is 0 Å². The van der Waals surface area contributed by atoms with Crippen LogP contribution in [0.1, 0.15) is 11.9 Å². The standard InChI is InChI=1S/C10H9ClIN3O2/c11-5-1-2-7(12)6(3-5)10-14-9(15-17-10)8(13)4-16/h1-3,8,16H,4,13H2. The van der Waals surface area contributed by atoms with Gasteiger partial charge in [0.15, 0.2) is 5.82 Å². The quantitative estimate of drug-likeness (QED) is 0.813. The first kappa shape index (κ1) is 12.7. The first-order chi connectivity index (χ1) is 8.11. The Hall–Kier alpha value is -0.700. The second kappa shape index (κ2) is 5.30. The summed E-state index contributed by atoms with van der Waals surface area (Å²) in [5.74, 6) is 0.620. The van der Waals surface area contributed by atoms with Crippen LogP contribution >= 0.6 is 34.2 Å². The van der Waals surface area contributed by atoms with E-state index in [1.807, 2.05) is 6.07 Å². The maximum absolute atomic E-state index is 8.90. The Kier molecular flexibility index (Phi) is 3.97. The second-order valence-electron chi connectivity index (χ2n) is 3.37. The second-order valence-corrected chi connectivity index (χ2v) is 4.97. The number of rotatable bonds is 3. The number of halogens is 2. The van der Waals surface area contributed by atoms with Gasteiger partial charge in [0.1, 0.15) is 0 Å². The average Bonchev–Trinajstić information content (AvgIpc) is 2.80. The summed E-state index contributed by atoms with van der Waals surface area (Å²) in [5, 5.41) is 13.2. The van der Waals surface area contributed by atoms with E-state index in [1.54, 1.807) is 12.1 Å². The normalized spacial score (nSPS) is 12.7. The summed E-state index contributed by atoms with van der Waals surface area (Å²) in [7, 11) is 0. The lowest BCUT2D eigenvalue weighted by atomic mass is 10.2. The topological polar surface area (TPSA) is 85.2 Å². The van der Waals surface area contributed by atoms with Gasteiger partial charge in [-0.25, -0.2) is 0 Å². The van der Waals surface area contributed by atoms with E-state index in [9.17, 15) is 0 Å². The van der Waals surface area contributed by atoms with Crippen LogP contribution in [0, 0.1) is 3.57 Å². The molecule has 0 saturated carbocycles. The third-order valence-electron chi connectivity index (χ3n) is 2.13. The Balaban J connectivity index is 2.40. The number of hydrogen-bond donors (Lipinski definition) is 2. The van der Waals surface area contributed by atoms with Crippen LogP contribution < -0.4 is 5.73 Å². The number of hydrogen-bond acceptors (Lipinski definition) is 5. The highest BCUT2D eigenvalue weighted by atomic mass is 127. The van der Waals surface area contributed by atoms with E-state index in [-0.39, 0.29) is 12.4 Å². The molecule has 0 amide bonds. The molecule has 90 valence electrons. The Labute approximate surface area is 116 Å². The molecule has 0 saturated heterocycles. The fourth-order valence-corrected chi connectivity index (χ4v) is 1.98. The number of nitrogens with zero attached hydrogens (tertiary/aromatic N) is 2. The zero-order valence-corrected chi connectivity index (χ0v) is 11.5. The maximum atomic E-state index is 8.90. The van der Waals surface area contributed by atoms with E-state index in [1.165, 1.54) is 0 Å². The first-order valence-electron chi connectivity index (χ1n) is 4.77. The van der Waals surface area contributed by atoms with Crippen LogP contribution in [0.4, 0.5) is 0 Å². The van der Waals surface area contributed by atoms with E-state index in [0.29, 0.717) is 10.9 Å². The van der Waals surface area contributed by atoms with E-state index in [2.05, 4.69) is 32.7 Å². The van der Waals surface area contributed by atoms with Crippen LogP contribution in [0.25, 0.3) is 11.5 Å². The van der Waals surface area contributed by atoms with Crippen molar-refractivity contribution < 1.29 is 9.63 Å². The molecule has 0 spiro atoms. The van der Waals surface area contributed by atoms with Crippen molar-refractivity contribution >= 4 is 34.2 Å². The Bertz CT molecular complexity index is 532. The molecule has 5 nitrogen and oxygen atoms in total. The highest BCUT2D eigenvalue weighted by Crippen LogP contribution is 2.27. The van der Waals surface area contributed by atoms with Crippen molar-refractivity contribution in [2.45, 2.75) is 6.04 Å². The monoisotopic (exact) mass is 365 g/mol. The molecule has 1 heterocycles. The summed E-state index contributed by atoms with van der Waals surface area (Å²) in [6.07, 6.45) is 0. The van der Waals surface area contributed by atoms with E-state index < -0.39 is 6.04 Å². The van der Waals surface area contributed by atoms with Gasteiger partial charge in [0.05, 0.1) is 18.2 Å². The molecule has 0 bridgehead atoms. The fraction of sp³-hybridized carbons (Fsp3) is 0.200. The molecule has 2 rings (SSSR count). The first-order valence-corrected chi connectivity index (χ1v) is 6.23. The molecule has 0 aliphatic rings. The average molecular weight is 366 g/mol. The van der Waals surface area contributed by atoms with Crippen molar-refractivity contribution in [1.29, 1.82) is 0 Å².